The monoisotopic (exact) mass is 489 g/mol. The highest BCUT2D eigenvalue weighted by atomic mass is 15.2. The summed E-state index contributed by atoms with van der Waals surface area (Å²) in [5.41, 5.74) is 12.3. The Kier molecular flexibility index (Phi) is 5.32. The largest absolute Gasteiger partial charge is 0.382 e. The topological polar surface area (TPSA) is 84.4 Å². The Labute approximate surface area is 216 Å². The van der Waals surface area contributed by atoms with Crippen LogP contribution in [0, 0.1) is 12.8 Å². The molecule has 1 saturated carbocycles. The number of aromatic nitrogens is 4. The van der Waals surface area contributed by atoms with Crippen molar-refractivity contribution in [2.75, 3.05) is 30.7 Å². The van der Waals surface area contributed by atoms with Gasteiger partial charge in [-0.15, -0.1) is 0 Å². The van der Waals surface area contributed by atoms with Gasteiger partial charge in [-0.1, -0.05) is 30.3 Å². The molecule has 7 nitrogen and oxygen atoms in total. The number of benzene rings is 2. The molecule has 2 aromatic carbocycles. The van der Waals surface area contributed by atoms with Gasteiger partial charge in [-0.25, -0.2) is 15.0 Å². The van der Waals surface area contributed by atoms with Crippen molar-refractivity contribution in [1.82, 2.24) is 24.3 Å². The zero-order valence-electron chi connectivity index (χ0n) is 21.1. The number of imidazole rings is 1. The molecular formula is C30H31N7. The molecule has 0 atom stereocenters. The minimum absolute atomic E-state index is 0.455. The Morgan fingerprint density at radius 2 is 1.86 bits per heavy atom. The van der Waals surface area contributed by atoms with Crippen molar-refractivity contribution >= 4 is 33.7 Å². The molecule has 2 fully saturated rings. The lowest BCUT2D eigenvalue weighted by Gasteiger charge is -2.41. The smallest absolute Gasteiger partial charge is 0.150 e. The van der Waals surface area contributed by atoms with E-state index in [1.165, 1.54) is 44.5 Å². The second-order valence-electron chi connectivity index (χ2n) is 10.6. The van der Waals surface area contributed by atoms with Crippen LogP contribution in [0.1, 0.15) is 36.6 Å². The van der Waals surface area contributed by atoms with Crippen LogP contribution in [0.15, 0.2) is 67.0 Å². The van der Waals surface area contributed by atoms with Crippen LogP contribution in [0.5, 0.6) is 0 Å². The highest BCUT2D eigenvalue weighted by Crippen LogP contribution is 2.44. The van der Waals surface area contributed by atoms with Gasteiger partial charge in [0.25, 0.3) is 0 Å². The third kappa shape index (κ3) is 4.00. The average Bonchev–Trinajstić information content (AvgIpc) is 3.23. The first kappa shape index (κ1) is 22.2. The molecule has 1 aliphatic carbocycles. The SMILES string of the molecule is Cc1cc(Nc2ccccc2)nc2cc(-c3nc(C4CC(CN5CCC5)C4)n4ccnc(N)c34)ccc12. The summed E-state index contributed by atoms with van der Waals surface area (Å²) in [6.45, 7) is 5.88. The molecule has 0 radical (unpaired) electrons. The van der Waals surface area contributed by atoms with Crippen LogP contribution in [0.25, 0.3) is 27.7 Å². The highest BCUT2D eigenvalue weighted by molar-refractivity contribution is 5.92. The molecule has 186 valence electrons. The van der Waals surface area contributed by atoms with Crippen molar-refractivity contribution in [3.8, 4) is 11.3 Å². The van der Waals surface area contributed by atoms with E-state index in [1.807, 2.05) is 36.5 Å². The molecule has 0 unspecified atom stereocenters. The molecule has 0 amide bonds. The third-order valence-corrected chi connectivity index (χ3v) is 8.01. The van der Waals surface area contributed by atoms with Crippen molar-refractivity contribution in [3.05, 3.63) is 78.4 Å². The molecule has 1 saturated heterocycles. The maximum Gasteiger partial charge on any atom is 0.150 e. The standard InChI is InChI=1S/C30H31N7/c1-19-14-26(33-23-6-3-2-4-7-23)34-25-17-21(8-9-24(19)25)27-28-29(31)32-10-13-37(28)30(35-27)22-15-20(16-22)18-36-11-5-12-36/h2-4,6-10,13-14,17,20,22H,5,11-12,15-16,18H2,1H3,(H2,31,32)(H,33,34). The molecular weight excluding hydrogens is 458 g/mol. The van der Waals surface area contributed by atoms with Crippen LogP contribution in [-0.4, -0.2) is 43.9 Å². The number of aryl methyl sites for hydroxylation is 1. The number of nitrogens with zero attached hydrogens (tertiary/aromatic N) is 5. The molecule has 4 heterocycles. The second-order valence-corrected chi connectivity index (χ2v) is 10.6. The number of pyridine rings is 1. The first-order valence-corrected chi connectivity index (χ1v) is 13.2. The number of nitrogens with one attached hydrogen (secondary N) is 1. The molecule has 3 aromatic heterocycles. The summed E-state index contributed by atoms with van der Waals surface area (Å²) >= 11 is 0. The number of nitrogen functional groups attached to an aromatic ring is 1. The van der Waals surface area contributed by atoms with Gasteiger partial charge in [0, 0.05) is 41.5 Å². The molecule has 37 heavy (non-hydrogen) atoms. The van der Waals surface area contributed by atoms with Crippen LogP contribution < -0.4 is 11.1 Å². The van der Waals surface area contributed by atoms with Gasteiger partial charge in [0.05, 0.1) is 5.52 Å². The normalized spacial score (nSPS) is 19.6. The maximum absolute atomic E-state index is 6.43. The van der Waals surface area contributed by atoms with Gasteiger partial charge < -0.3 is 16.0 Å². The zero-order chi connectivity index (χ0) is 24.9. The van der Waals surface area contributed by atoms with Gasteiger partial charge in [0.1, 0.15) is 28.7 Å². The minimum Gasteiger partial charge on any atom is -0.382 e. The summed E-state index contributed by atoms with van der Waals surface area (Å²) in [5.74, 6) is 3.66. The zero-order valence-corrected chi connectivity index (χ0v) is 21.1. The minimum atomic E-state index is 0.455. The molecule has 0 spiro atoms. The van der Waals surface area contributed by atoms with Crippen LogP contribution in [0.3, 0.4) is 0 Å². The lowest BCUT2D eigenvalue weighted by atomic mass is 9.74. The molecule has 2 aliphatic rings. The number of anilines is 3. The van der Waals surface area contributed by atoms with Crippen molar-refractivity contribution in [2.24, 2.45) is 5.92 Å². The van der Waals surface area contributed by atoms with Crippen LogP contribution in [0.4, 0.5) is 17.3 Å². The molecule has 0 bridgehead atoms. The van der Waals surface area contributed by atoms with Crippen molar-refractivity contribution in [1.29, 1.82) is 0 Å². The van der Waals surface area contributed by atoms with Gasteiger partial charge in [0.15, 0.2) is 0 Å². The lowest BCUT2D eigenvalue weighted by Crippen LogP contribution is -2.43. The summed E-state index contributed by atoms with van der Waals surface area (Å²) < 4.78 is 2.17. The Bertz CT molecular complexity index is 1600. The fraction of sp³-hybridized carbons (Fsp3) is 0.300. The van der Waals surface area contributed by atoms with E-state index < -0.39 is 0 Å². The van der Waals surface area contributed by atoms with Crippen LogP contribution in [0.2, 0.25) is 0 Å². The van der Waals surface area contributed by atoms with E-state index in [1.54, 1.807) is 6.20 Å². The van der Waals surface area contributed by atoms with Crippen molar-refractivity contribution < 1.29 is 0 Å². The number of likely N-dealkylation sites (tertiary alicyclic amines) is 1. The number of hydrogen-bond acceptors (Lipinski definition) is 6. The molecule has 7 rings (SSSR count). The van der Waals surface area contributed by atoms with Gasteiger partial charge in [-0.3, -0.25) is 4.40 Å². The molecule has 5 aromatic rings. The van der Waals surface area contributed by atoms with Crippen LogP contribution >= 0.6 is 0 Å². The Morgan fingerprint density at radius 3 is 2.65 bits per heavy atom. The molecule has 3 N–H and O–H groups in total. The second kappa shape index (κ2) is 8.85. The molecule has 7 heteroatoms. The summed E-state index contributed by atoms with van der Waals surface area (Å²) in [5, 5.41) is 4.56. The predicted octanol–water partition coefficient (Wildman–Crippen LogP) is 5.78. The van der Waals surface area contributed by atoms with E-state index >= 15 is 0 Å². The number of nitrogens with two attached hydrogens (primary N) is 1. The maximum atomic E-state index is 6.43. The van der Waals surface area contributed by atoms with E-state index in [0.717, 1.165) is 50.9 Å². The Morgan fingerprint density at radius 1 is 1.03 bits per heavy atom. The summed E-state index contributed by atoms with van der Waals surface area (Å²) in [6.07, 6.45) is 7.50. The lowest BCUT2D eigenvalue weighted by molar-refractivity contribution is 0.107. The predicted molar refractivity (Wildman–Crippen MR) is 149 cm³/mol. The van der Waals surface area contributed by atoms with Gasteiger partial charge in [-0.05, 0) is 75.0 Å². The number of rotatable bonds is 6. The number of fused-ring (bicyclic) bond motifs is 2. The van der Waals surface area contributed by atoms with E-state index in [-0.39, 0.29) is 0 Å². The van der Waals surface area contributed by atoms with Gasteiger partial charge >= 0.3 is 0 Å². The van der Waals surface area contributed by atoms with Crippen LogP contribution in [-0.2, 0) is 0 Å². The number of hydrogen-bond donors (Lipinski definition) is 2. The third-order valence-electron chi connectivity index (χ3n) is 8.01. The van der Waals surface area contributed by atoms with E-state index in [9.17, 15) is 0 Å². The fourth-order valence-corrected chi connectivity index (χ4v) is 5.88. The van der Waals surface area contributed by atoms with Crippen molar-refractivity contribution in [2.45, 2.75) is 32.1 Å². The van der Waals surface area contributed by atoms with Crippen molar-refractivity contribution in [3.63, 3.8) is 0 Å². The fourth-order valence-electron chi connectivity index (χ4n) is 5.88. The Balaban J connectivity index is 1.25. The molecule has 1 aliphatic heterocycles. The highest BCUT2D eigenvalue weighted by Gasteiger charge is 2.36. The van der Waals surface area contributed by atoms with E-state index in [0.29, 0.717) is 11.7 Å². The average molecular weight is 490 g/mol. The first-order chi connectivity index (χ1) is 18.1. The summed E-state index contributed by atoms with van der Waals surface area (Å²) in [6, 6.07) is 18.6. The first-order valence-electron chi connectivity index (χ1n) is 13.2. The Hall–Kier alpha value is -3.97. The van der Waals surface area contributed by atoms with E-state index in [4.69, 9.17) is 15.7 Å². The van der Waals surface area contributed by atoms with E-state index in [2.05, 4.69) is 50.8 Å². The van der Waals surface area contributed by atoms with Gasteiger partial charge in [0.2, 0.25) is 0 Å². The van der Waals surface area contributed by atoms with Gasteiger partial charge in [-0.2, -0.15) is 0 Å². The summed E-state index contributed by atoms with van der Waals surface area (Å²) in [4.78, 5) is 17.1. The number of para-hydroxylation sites is 1. The quantitative estimate of drug-likeness (QED) is 0.315. The summed E-state index contributed by atoms with van der Waals surface area (Å²) in [7, 11) is 0.